The van der Waals surface area contributed by atoms with E-state index in [0.717, 1.165) is 19.3 Å². The van der Waals surface area contributed by atoms with Crippen LogP contribution in [0.2, 0.25) is 0 Å². The number of amides is 1. The number of hydrogen-bond acceptors (Lipinski definition) is 3. The minimum absolute atomic E-state index is 0.0608. The first kappa shape index (κ1) is 13.6. The number of carboxylic acids is 1. The zero-order valence-corrected chi connectivity index (χ0v) is 10.9. The highest BCUT2D eigenvalue weighted by Gasteiger charge is 2.20. The zero-order valence-electron chi connectivity index (χ0n) is 10.9. The first-order chi connectivity index (χ1) is 9.16. The van der Waals surface area contributed by atoms with Crippen LogP contribution >= 0.6 is 0 Å². The quantitative estimate of drug-likeness (QED) is 0.862. The topological polar surface area (TPSA) is 69.2 Å². The number of fused-ring (bicyclic) bond motifs is 1. The Hall–Kier alpha value is -1.84. The molecule has 0 saturated heterocycles. The molecule has 1 aliphatic rings. The van der Waals surface area contributed by atoms with E-state index >= 15 is 0 Å². The normalized spacial score (nSPS) is 17.6. The van der Waals surface area contributed by atoms with Crippen LogP contribution in [-0.2, 0) is 16.0 Å². The van der Waals surface area contributed by atoms with Crippen molar-refractivity contribution in [2.24, 2.45) is 0 Å². The van der Waals surface area contributed by atoms with Gasteiger partial charge in [0.1, 0.15) is 0 Å². The maximum absolute atomic E-state index is 11.8. The van der Waals surface area contributed by atoms with E-state index in [1.165, 1.54) is 11.1 Å². The van der Waals surface area contributed by atoms with Crippen molar-refractivity contribution in [3.63, 3.8) is 0 Å². The van der Waals surface area contributed by atoms with Gasteiger partial charge in [0, 0.05) is 12.4 Å². The summed E-state index contributed by atoms with van der Waals surface area (Å²) in [4.78, 5) is 22.1. The number of hydrogen-bond donors (Lipinski definition) is 1. The second kappa shape index (κ2) is 6.36. The van der Waals surface area contributed by atoms with Crippen molar-refractivity contribution in [3.8, 4) is 0 Å². The van der Waals surface area contributed by atoms with Crippen molar-refractivity contribution in [3.05, 3.63) is 35.4 Å². The summed E-state index contributed by atoms with van der Waals surface area (Å²) >= 11 is 0. The lowest BCUT2D eigenvalue weighted by Gasteiger charge is -2.26. The molecule has 0 spiro atoms. The van der Waals surface area contributed by atoms with Crippen LogP contribution in [0, 0.1) is 0 Å². The third kappa shape index (κ3) is 3.81. The van der Waals surface area contributed by atoms with Crippen LogP contribution in [0.3, 0.4) is 0 Å². The fraction of sp³-hybridized carbons (Fsp3) is 0.467. The number of benzene rings is 1. The number of carbonyl (C=O) groups is 2. The van der Waals surface area contributed by atoms with Crippen molar-refractivity contribution in [2.75, 3.05) is 0 Å². The van der Waals surface area contributed by atoms with E-state index < -0.39 is 5.97 Å². The molecule has 0 bridgehead atoms. The summed E-state index contributed by atoms with van der Waals surface area (Å²) in [7, 11) is 0. The average molecular weight is 260 g/mol. The maximum atomic E-state index is 11.8. The molecule has 4 nitrogen and oxygen atoms in total. The molecule has 0 radical (unpaired) electrons. The SMILES string of the molecule is O=C([O-])CCCC(=O)N[C@H]1CCCc2ccccc21. The van der Waals surface area contributed by atoms with Crippen LogP contribution in [0.1, 0.15) is 49.3 Å². The van der Waals surface area contributed by atoms with E-state index in [1.807, 2.05) is 12.1 Å². The molecule has 4 heteroatoms. The van der Waals surface area contributed by atoms with Crippen molar-refractivity contribution < 1.29 is 14.7 Å². The largest absolute Gasteiger partial charge is 0.550 e. The predicted molar refractivity (Wildman–Crippen MR) is 69.1 cm³/mol. The highest BCUT2D eigenvalue weighted by Crippen LogP contribution is 2.29. The Morgan fingerprint density at radius 3 is 2.84 bits per heavy atom. The molecular formula is C15H18NO3-. The molecule has 1 atom stereocenters. The molecule has 0 aliphatic heterocycles. The molecule has 1 aliphatic carbocycles. The molecule has 102 valence electrons. The second-order valence-corrected chi connectivity index (χ2v) is 4.94. The van der Waals surface area contributed by atoms with E-state index in [2.05, 4.69) is 17.4 Å². The third-order valence-corrected chi connectivity index (χ3v) is 3.49. The Labute approximate surface area is 112 Å². The van der Waals surface area contributed by atoms with E-state index in [4.69, 9.17) is 0 Å². The van der Waals surface area contributed by atoms with Crippen molar-refractivity contribution in [1.29, 1.82) is 0 Å². The summed E-state index contributed by atoms with van der Waals surface area (Å²) in [5.41, 5.74) is 2.50. The van der Waals surface area contributed by atoms with Crippen LogP contribution < -0.4 is 10.4 Å². The summed E-state index contributed by atoms with van der Waals surface area (Å²) in [6.45, 7) is 0. The third-order valence-electron chi connectivity index (χ3n) is 3.49. The summed E-state index contributed by atoms with van der Waals surface area (Å²) in [6, 6.07) is 8.23. The van der Waals surface area contributed by atoms with E-state index in [1.54, 1.807) is 0 Å². The van der Waals surface area contributed by atoms with Crippen molar-refractivity contribution in [2.45, 2.75) is 44.6 Å². The molecule has 0 aromatic heterocycles. The van der Waals surface area contributed by atoms with Gasteiger partial charge in [0.05, 0.1) is 6.04 Å². The predicted octanol–water partition coefficient (Wildman–Crippen LogP) is 1.10. The van der Waals surface area contributed by atoms with Gasteiger partial charge in [-0.05, 0) is 43.2 Å². The van der Waals surface area contributed by atoms with Crippen LogP contribution in [0.25, 0.3) is 0 Å². The summed E-state index contributed by atoms with van der Waals surface area (Å²) in [5.74, 6) is -1.18. The molecule has 0 saturated carbocycles. The van der Waals surface area contributed by atoms with Gasteiger partial charge in [-0.3, -0.25) is 4.79 Å². The smallest absolute Gasteiger partial charge is 0.220 e. The van der Waals surface area contributed by atoms with Crippen molar-refractivity contribution >= 4 is 11.9 Å². The number of aryl methyl sites for hydroxylation is 1. The molecule has 1 aromatic rings. The van der Waals surface area contributed by atoms with Gasteiger partial charge in [-0.25, -0.2) is 0 Å². The molecule has 1 N–H and O–H groups in total. The Morgan fingerprint density at radius 2 is 2.05 bits per heavy atom. The van der Waals surface area contributed by atoms with Gasteiger partial charge in [0.15, 0.2) is 0 Å². The lowest BCUT2D eigenvalue weighted by atomic mass is 9.87. The van der Waals surface area contributed by atoms with Gasteiger partial charge in [0.25, 0.3) is 0 Å². The summed E-state index contributed by atoms with van der Waals surface area (Å²) in [5, 5.41) is 13.3. The molecule has 0 heterocycles. The number of carbonyl (C=O) groups excluding carboxylic acids is 2. The zero-order chi connectivity index (χ0) is 13.7. The van der Waals surface area contributed by atoms with E-state index in [9.17, 15) is 14.7 Å². The molecule has 0 fully saturated rings. The Kier molecular flexibility index (Phi) is 4.55. The molecule has 1 amide bonds. The van der Waals surface area contributed by atoms with Gasteiger partial charge >= 0.3 is 0 Å². The number of carboxylic acid groups (broad SMARTS) is 1. The molecule has 1 aromatic carbocycles. The standard InChI is InChI=1S/C15H19NO3/c17-14(9-4-10-15(18)19)16-13-8-3-6-11-5-1-2-7-12(11)13/h1-2,5,7,13H,3-4,6,8-10H2,(H,16,17)(H,18,19)/p-1/t13-/m0/s1. The highest BCUT2D eigenvalue weighted by molar-refractivity contribution is 5.77. The van der Waals surface area contributed by atoms with Gasteiger partial charge < -0.3 is 15.2 Å². The van der Waals surface area contributed by atoms with Gasteiger partial charge in [-0.1, -0.05) is 24.3 Å². The monoisotopic (exact) mass is 260 g/mol. The fourth-order valence-electron chi connectivity index (χ4n) is 2.56. The number of aliphatic carboxylic acids is 1. The highest BCUT2D eigenvalue weighted by atomic mass is 16.4. The minimum Gasteiger partial charge on any atom is -0.550 e. The Bertz CT molecular complexity index is 470. The lowest BCUT2D eigenvalue weighted by molar-refractivity contribution is -0.305. The number of nitrogens with one attached hydrogen (secondary N) is 1. The fourth-order valence-corrected chi connectivity index (χ4v) is 2.56. The maximum Gasteiger partial charge on any atom is 0.220 e. The van der Waals surface area contributed by atoms with E-state index in [-0.39, 0.29) is 24.8 Å². The van der Waals surface area contributed by atoms with Crippen LogP contribution in [0.15, 0.2) is 24.3 Å². The van der Waals surface area contributed by atoms with Crippen LogP contribution in [-0.4, -0.2) is 11.9 Å². The Balaban J connectivity index is 1.90. The van der Waals surface area contributed by atoms with E-state index in [0.29, 0.717) is 6.42 Å². The molecule has 19 heavy (non-hydrogen) atoms. The summed E-state index contributed by atoms with van der Waals surface area (Å²) in [6.07, 6.45) is 3.60. The van der Waals surface area contributed by atoms with Crippen LogP contribution in [0.5, 0.6) is 0 Å². The van der Waals surface area contributed by atoms with Gasteiger partial charge in [-0.15, -0.1) is 0 Å². The first-order valence-electron chi connectivity index (χ1n) is 6.74. The average Bonchev–Trinajstić information content (AvgIpc) is 2.39. The molecule has 2 rings (SSSR count). The lowest BCUT2D eigenvalue weighted by Crippen LogP contribution is -2.31. The first-order valence-corrected chi connectivity index (χ1v) is 6.74. The van der Waals surface area contributed by atoms with Crippen molar-refractivity contribution in [1.82, 2.24) is 5.32 Å². The van der Waals surface area contributed by atoms with Gasteiger partial charge in [0.2, 0.25) is 5.91 Å². The second-order valence-electron chi connectivity index (χ2n) is 4.94. The number of rotatable bonds is 5. The van der Waals surface area contributed by atoms with Gasteiger partial charge in [-0.2, -0.15) is 0 Å². The Morgan fingerprint density at radius 1 is 1.26 bits per heavy atom. The molecular weight excluding hydrogens is 242 g/mol. The molecule has 0 unspecified atom stereocenters. The van der Waals surface area contributed by atoms with Crippen LogP contribution in [0.4, 0.5) is 0 Å². The summed E-state index contributed by atoms with van der Waals surface area (Å²) < 4.78 is 0. The minimum atomic E-state index is -1.10.